The number of amides is 2. The largest absolute Gasteiger partial charge is 0.463 e. The number of carbonyl (C=O) groups excluding carboxylic acids is 5. The summed E-state index contributed by atoms with van der Waals surface area (Å²) in [6.45, 7) is 3.23. The minimum atomic E-state index is -1.31. The Labute approximate surface area is 217 Å². The van der Waals surface area contributed by atoms with Crippen molar-refractivity contribution >= 4 is 41.5 Å². The maximum atomic E-state index is 13.5. The number of nitrogens with zero attached hydrogens (tertiary/aromatic N) is 1. The van der Waals surface area contributed by atoms with Crippen LogP contribution >= 0.6 is 11.8 Å². The molecule has 2 aliphatic heterocycles. The van der Waals surface area contributed by atoms with Gasteiger partial charge in [-0.05, 0) is 24.3 Å². The third-order valence-electron chi connectivity index (χ3n) is 5.79. The van der Waals surface area contributed by atoms with E-state index in [1.807, 2.05) is 30.3 Å². The molecule has 2 aromatic carbocycles. The molecule has 1 saturated heterocycles. The van der Waals surface area contributed by atoms with Crippen LogP contribution in [0.4, 0.5) is 0 Å². The van der Waals surface area contributed by atoms with Crippen molar-refractivity contribution in [1.29, 1.82) is 0 Å². The number of esters is 3. The number of benzene rings is 2. The number of rotatable bonds is 7. The molecule has 0 unspecified atom stereocenters. The lowest BCUT2D eigenvalue weighted by Crippen LogP contribution is -2.66. The van der Waals surface area contributed by atoms with E-state index in [9.17, 15) is 24.0 Å². The average molecular weight is 528 g/mol. The van der Waals surface area contributed by atoms with Crippen LogP contribution in [0.25, 0.3) is 0 Å². The summed E-state index contributed by atoms with van der Waals surface area (Å²) in [6.07, 6.45) is -3.63. The lowest BCUT2D eigenvalue weighted by atomic mass is 9.96. The first-order valence-corrected chi connectivity index (χ1v) is 12.4. The van der Waals surface area contributed by atoms with Crippen LogP contribution in [0.5, 0.6) is 0 Å². The van der Waals surface area contributed by atoms with Gasteiger partial charge in [0.25, 0.3) is 11.8 Å². The van der Waals surface area contributed by atoms with Gasteiger partial charge in [0.2, 0.25) is 0 Å². The molecule has 0 aromatic heterocycles. The van der Waals surface area contributed by atoms with Gasteiger partial charge in [-0.25, -0.2) is 0 Å². The second-order valence-corrected chi connectivity index (χ2v) is 9.61. The van der Waals surface area contributed by atoms with E-state index in [0.717, 1.165) is 16.7 Å². The van der Waals surface area contributed by atoms with Crippen molar-refractivity contribution in [2.75, 3.05) is 6.61 Å². The number of thioether (sulfide) groups is 1. The molecule has 1 fully saturated rings. The number of hydrogen-bond donors (Lipinski definition) is 0. The van der Waals surface area contributed by atoms with Gasteiger partial charge in [-0.15, -0.1) is 0 Å². The Hall–Kier alpha value is -3.70. The van der Waals surface area contributed by atoms with Crippen molar-refractivity contribution in [3.63, 3.8) is 0 Å². The van der Waals surface area contributed by atoms with E-state index in [0.29, 0.717) is 0 Å². The van der Waals surface area contributed by atoms with Gasteiger partial charge in [0.05, 0.1) is 11.1 Å². The Morgan fingerprint density at radius 2 is 1.35 bits per heavy atom. The van der Waals surface area contributed by atoms with E-state index < -0.39 is 59.5 Å². The zero-order chi connectivity index (χ0) is 26.7. The minimum Gasteiger partial charge on any atom is -0.463 e. The lowest BCUT2D eigenvalue weighted by Gasteiger charge is -2.47. The fourth-order valence-electron chi connectivity index (χ4n) is 4.37. The molecule has 0 bridgehead atoms. The highest BCUT2D eigenvalue weighted by atomic mass is 32.2. The second-order valence-electron chi connectivity index (χ2n) is 8.44. The predicted molar refractivity (Wildman–Crippen MR) is 129 cm³/mol. The zero-order valence-electron chi connectivity index (χ0n) is 20.3. The molecule has 2 amide bonds. The summed E-state index contributed by atoms with van der Waals surface area (Å²) in [4.78, 5) is 64.6. The van der Waals surface area contributed by atoms with Gasteiger partial charge >= 0.3 is 17.9 Å². The summed E-state index contributed by atoms with van der Waals surface area (Å²) in [7, 11) is 0. The fraction of sp³-hybridized carbons (Fsp3) is 0.346. The summed E-state index contributed by atoms with van der Waals surface area (Å²) in [5.74, 6) is -3.21. The molecule has 5 atom stereocenters. The Balaban J connectivity index is 1.81. The number of carbonyl (C=O) groups is 5. The number of fused-ring (bicyclic) bond motifs is 1. The molecule has 2 aliphatic rings. The highest BCUT2D eigenvalue weighted by Crippen LogP contribution is 2.40. The van der Waals surface area contributed by atoms with Crippen LogP contribution in [0.1, 0.15) is 41.5 Å². The van der Waals surface area contributed by atoms with Crippen LogP contribution in [-0.4, -0.2) is 71.0 Å². The molecule has 0 aliphatic carbocycles. The summed E-state index contributed by atoms with van der Waals surface area (Å²) in [5.41, 5.74) is -0.575. The van der Waals surface area contributed by atoms with Crippen LogP contribution in [0.3, 0.4) is 0 Å². The van der Waals surface area contributed by atoms with Gasteiger partial charge in [0.15, 0.2) is 12.2 Å². The molecule has 0 saturated carbocycles. The molecular formula is C26H25NO9S. The van der Waals surface area contributed by atoms with Crippen molar-refractivity contribution in [1.82, 2.24) is 4.90 Å². The standard InChI is InChI=1S/C26H25NO9S/c1-14(28)33-13-20-22(34-15(2)29)23(35-16(3)30)21(26(36-20)37-17-9-5-4-6-10-17)27-24(31)18-11-7-8-12-19(18)25(27)32/h4-12,20-23,26H,13H2,1-3H3/t20-,21-,22+,23-,26+/m1/s1. The Morgan fingerprint density at radius 3 is 1.89 bits per heavy atom. The highest BCUT2D eigenvalue weighted by Gasteiger charge is 2.56. The quantitative estimate of drug-likeness (QED) is 0.301. The van der Waals surface area contributed by atoms with Crippen molar-refractivity contribution in [2.24, 2.45) is 0 Å². The minimum absolute atomic E-state index is 0.198. The van der Waals surface area contributed by atoms with E-state index >= 15 is 0 Å². The molecular weight excluding hydrogens is 502 g/mol. The summed E-state index contributed by atoms with van der Waals surface area (Å²) >= 11 is 1.19. The van der Waals surface area contributed by atoms with Gasteiger partial charge < -0.3 is 18.9 Å². The van der Waals surface area contributed by atoms with E-state index in [-0.39, 0.29) is 17.7 Å². The third-order valence-corrected chi connectivity index (χ3v) is 6.96. The third kappa shape index (κ3) is 5.67. The smallest absolute Gasteiger partial charge is 0.303 e. The Bertz CT molecular complexity index is 1180. The lowest BCUT2D eigenvalue weighted by molar-refractivity contribution is -0.216. The Kier molecular flexibility index (Phi) is 7.94. The zero-order valence-corrected chi connectivity index (χ0v) is 21.1. The van der Waals surface area contributed by atoms with Crippen LogP contribution in [-0.2, 0) is 33.3 Å². The normalized spacial score (nSPS) is 24.8. The first-order valence-electron chi connectivity index (χ1n) is 11.5. The monoisotopic (exact) mass is 527 g/mol. The van der Waals surface area contributed by atoms with Crippen LogP contribution in [0.15, 0.2) is 59.5 Å². The summed E-state index contributed by atoms with van der Waals surface area (Å²) in [5, 5.41) is 0. The maximum Gasteiger partial charge on any atom is 0.303 e. The van der Waals surface area contributed by atoms with Gasteiger partial charge in [0.1, 0.15) is 24.2 Å². The first-order chi connectivity index (χ1) is 17.7. The average Bonchev–Trinajstić information content (AvgIpc) is 3.10. The molecule has 2 heterocycles. The topological polar surface area (TPSA) is 126 Å². The molecule has 37 heavy (non-hydrogen) atoms. The molecule has 11 heteroatoms. The SMILES string of the molecule is CC(=O)OC[C@H]1O[C@@H](Sc2ccccc2)[C@H](N2C(=O)c3ccccc3C2=O)[C@@H](OC(C)=O)[C@H]1OC(C)=O. The molecule has 2 aromatic rings. The van der Waals surface area contributed by atoms with Crippen LogP contribution in [0.2, 0.25) is 0 Å². The van der Waals surface area contributed by atoms with E-state index in [4.69, 9.17) is 18.9 Å². The van der Waals surface area contributed by atoms with Gasteiger partial charge in [-0.3, -0.25) is 28.9 Å². The second kappa shape index (κ2) is 11.1. The summed E-state index contributed by atoms with van der Waals surface area (Å²) < 4.78 is 22.5. The van der Waals surface area contributed by atoms with Crippen molar-refractivity contribution in [3.8, 4) is 0 Å². The molecule has 4 rings (SSSR count). The van der Waals surface area contributed by atoms with Crippen LogP contribution < -0.4 is 0 Å². The number of hydrogen-bond acceptors (Lipinski definition) is 10. The maximum absolute atomic E-state index is 13.5. The predicted octanol–water partition coefficient (Wildman–Crippen LogP) is 2.59. The van der Waals surface area contributed by atoms with E-state index in [2.05, 4.69) is 0 Å². The van der Waals surface area contributed by atoms with Crippen molar-refractivity contribution in [2.45, 2.75) is 55.5 Å². The molecule has 0 spiro atoms. The first kappa shape index (κ1) is 26.4. The Morgan fingerprint density at radius 1 is 0.811 bits per heavy atom. The number of imide groups is 1. The molecule has 194 valence electrons. The van der Waals surface area contributed by atoms with Gasteiger partial charge in [-0.1, -0.05) is 42.1 Å². The van der Waals surface area contributed by atoms with E-state index in [1.54, 1.807) is 12.1 Å². The van der Waals surface area contributed by atoms with Gasteiger partial charge in [-0.2, -0.15) is 0 Å². The number of ether oxygens (including phenoxy) is 4. The van der Waals surface area contributed by atoms with Crippen LogP contribution in [0, 0.1) is 0 Å². The molecule has 10 nitrogen and oxygen atoms in total. The van der Waals surface area contributed by atoms with Gasteiger partial charge in [0, 0.05) is 25.7 Å². The highest BCUT2D eigenvalue weighted by molar-refractivity contribution is 7.99. The molecule has 0 radical (unpaired) electrons. The van der Waals surface area contributed by atoms with Crippen molar-refractivity contribution in [3.05, 3.63) is 65.7 Å². The van der Waals surface area contributed by atoms with E-state index in [1.165, 1.54) is 37.7 Å². The molecule has 0 N–H and O–H groups in total. The fourth-order valence-corrected chi connectivity index (χ4v) is 5.56. The summed E-state index contributed by atoms with van der Waals surface area (Å²) in [6, 6.07) is 14.2. The van der Waals surface area contributed by atoms with Crippen molar-refractivity contribution < 1.29 is 42.9 Å².